The molecule has 1 saturated heterocycles. The summed E-state index contributed by atoms with van der Waals surface area (Å²) in [5.74, 6) is -2.85. The molecule has 0 radical (unpaired) electrons. The summed E-state index contributed by atoms with van der Waals surface area (Å²) in [6.45, 7) is 3.44. The first-order valence-corrected chi connectivity index (χ1v) is 30.9. The van der Waals surface area contributed by atoms with Gasteiger partial charge in [-0.25, -0.2) is 38.5 Å². The monoisotopic (exact) mass is 1170 g/mol. The first-order valence-electron chi connectivity index (χ1n) is 23.6. The van der Waals surface area contributed by atoms with Gasteiger partial charge >= 0.3 is 5.97 Å². The van der Waals surface area contributed by atoms with Crippen LogP contribution in [0.2, 0.25) is 0 Å². The molecule has 29 heteroatoms. The second kappa shape index (κ2) is 21.9. The third-order valence-electron chi connectivity index (χ3n) is 14.0. The van der Waals surface area contributed by atoms with Gasteiger partial charge in [0.25, 0.3) is 21.9 Å². The lowest BCUT2D eigenvalue weighted by Gasteiger charge is -2.31. The zero-order valence-electron chi connectivity index (χ0n) is 41.7. The van der Waals surface area contributed by atoms with Crippen LogP contribution in [0, 0.1) is 0 Å². The summed E-state index contributed by atoms with van der Waals surface area (Å²) in [4.78, 5) is 39.6. The summed E-state index contributed by atoms with van der Waals surface area (Å²) in [6.07, 6.45) is 5.30. The van der Waals surface area contributed by atoms with Crippen LogP contribution in [0.3, 0.4) is 0 Å². The predicted octanol–water partition coefficient (Wildman–Crippen LogP) is 3.70. The minimum atomic E-state index is -5.43. The van der Waals surface area contributed by atoms with Crippen molar-refractivity contribution in [3.8, 4) is 0 Å². The Morgan fingerprint density at radius 3 is 1.74 bits per heavy atom. The van der Waals surface area contributed by atoms with Gasteiger partial charge in [-0.05, 0) is 104 Å². The predicted molar refractivity (Wildman–Crippen MR) is 268 cm³/mol. The molecule has 3 aliphatic heterocycles. The van der Waals surface area contributed by atoms with E-state index in [-0.39, 0.29) is 104 Å². The summed E-state index contributed by atoms with van der Waals surface area (Å²) in [7, 11) is -23.4. The van der Waals surface area contributed by atoms with E-state index in [2.05, 4.69) is 0 Å². The van der Waals surface area contributed by atoms with E-state index < -0.39 is 105 Å². The SMILES string of the molecule is COCCC1(C)C(/C=C/C=C2/N(CCCCCC(=O)ON3C(=O)CCC3=O)c3ccc4c(S(=O)(=O)[O-])cc(S(=O)(=O)[O-])cc4c3C2(C)CCOC)=[N+](CCCS(=O)(=O)O)c2ccc3c(S(=O)(=O)[O-])cc(S(=O)(=O)[O-])cc3c21. The van der Waals surface area contributed by atoms with Gasteiger partial charge in [-0.2, -0.15) is 13.0 Å². The molecule has 77 heavy (non-hydrogen) atoms. The number of ether oxygens (including phenoxy) is 2. The summed E-state index contributed by atoms with van der Waals surface area (Å²) < 4.78 is 198. The van der Waals surface area contributed by atoms with Crippen molar-refractivity contribution in [1.82, 2.24) is 5.06 Å². The highest BCUT2D eigenvalue weighted by atomic mass is 32.2. The van der Waals surface area contributed by atoms with E-state index in [0.717, 1.165) is 12.1 Å². The van der Waals surface area contributed by atoms with Crippen molar-refractivity contribution in [3.63, 3.8) is 0 Å². The van der Waals surface area contributed by atoms with Gasteiger partial charge in [-0.15, -0.1) is 5.06 Å². The van der Waals surface area contributed by atoms with Crippen molar-refractivity contribution in [3.05, 3.63) is 83.6 Å². The number of rotatable bonds is 23. The fraction of sp³-hybridized carbons (Fsp3) is 0.417. The zero-order chi connectivity index (χ0) is 56.8. The molecule has 0 aromatic heterocycles. The number of imide groups is 1. The Balaban J connectivity index is 1.43. The van der Waals surface area contributed by atoms with Crippen molar-refractivity contribution in [2.45, 2.75) is 102 Å². The minimum Gasteiger partial charge on any atom is -0.744 e. The van der Waals surface area contributed by atoms with Gasteiger partial charge in [-0.3, -0.25) is 14.1 Å². The fourth-order valence-corrected chi connectivity index (χ4v) is 13.6. The summed E-state index contributed by atoms with van der Waals surface area (Å²) in [5, 5.41) is -0.167. The zero-order valence-corrected chi connectivity index (χ0v) is 45.8. The van der Waals surface area contributed by atoms with Gasteiger partial charge in [-0.1, -0.05) is 18.6 Å². The van der Waals surface area contributed by atoms with E-state index in [9.17, 15) is 79.2 Å². The Morgan fingerprint density at radius 1 is 0.688 bits per heavy atom. The number of carbonyl (C=O) groups excluding carboxylic acids is 3. The van der Waals surface area contributed by atoms with Gasteiger partial charge in [0.05, 0.1) is 30.7 Å². The Morgan fingerprint density at radius 2 is 1.22 bits per heavy atom. The van der Waals surface area contributed by atoms with Crippen LogP contribution >= 0.6 is 0 Å². The lowest BCUT2D eigenvalue weighted by molar-refractivity contribution is -0.437. The van der Waals surface area contributed by atoms with Crippen molar-refractivity contribution >= 4 is 107 Å². The number of amides is 2. The van der Waals surface area contributed by atoms with Gasteiger partial charge in [0.1, 0.15) is 47.0 Å². The molecule has 4 aromatic carbocycles. The number of hydroxylamine groups is 2. The molecule has 1 N–H and O–H groups in total. The molecule has 0 saturated carbocycles. The number of unbranched alkanes of at least 4 members (excludes halogenated alkanes) is 2. The molecule has 418 valence electrons. The maximum Gasteiger partial charge on any atom is 0.333 e. The Hall–Kier alpha value is -5.57. The van der Waals surface area contributed by atoms with Crippen LogP contribution in [0.25, 0.3) is 21.5 Å². The van der Waals surface area contributed by atoms with Crippen LogP contribution in [-0.4, -0.2) is 144 Å². The third-order valence-corrected chi connectivity index (χ3v) is 18.2. The van der Waals surface area contributed by atoms with Gasteiger partial charge in [0.2, 0.25) is 5.69 Å². The quantitative estimate of drug-likeness (QED) is 0.0479. The van der Waals surface area contributed by atoms with Crippen LogP contribution in [0.5, 0.6) is 0 Å². The van der Waals surface area contributed by atoms with E-state index in [1.54, 1.807) is 36.7 Å². The number of allylic oxidation sites excluding steroid dienone is 4. The highest BCUT2D eigenvalue weighted by molar-refractivity contribution is 7.87. The number of carbonyl (C=O) groups is 3. The maximum absolute atomic E-state index is 12.8. The minimum absolute atomic E-state index is 0.00448. The third kappa shape index (κ3) is 12.2. The number of benzene rings is 4. The Bertz CT molecular complexity index is 3780. The van der Waals surface area contributed by atoms with Crippen molar-refractivity contribution in [2.75, 3.05) is 51.2 Å². The topological polar surface area (TPSA) is 372 Å². The van der Waals surface area contributed by atoms with E-state index in [1.165, 1.54) is 38.5 Å². The average molecular weight is 1170 g/mol. The smallest absolute Gasteiger partial charge is 0.333 e. The van der Waals surface area contributed by atoms with Crippen molar-refractivity contribution in [1.29, 1.82) is 0 Å². The normalized spacial score (nSPS) is 19.9. The lowest BCUT2D eigenvalue weighted by Crippen LogP contribution is -2.33. The number of anilines is 1. The van der Waals surface area contributed by atoms with Crippen LogP contribution in [0.15, 0.2) is 92.0 Å². The number of methoxy groups -OCH3 is 2. The molecule has 4 aromatic rings. The Kier molecular flexibility index (Phi) is 16.8. The first-order chi connectivity index (χ1) is 35.8. The molecule has 7 rings (SSSR count). The molecule has 0 aliphatic carbocycles. The highest BCUT2D eigenvalue weighted by Gasteiger charge is 2.50. The molecule has 2 amide bonds. The molecule has 3 aliphatic rings. The van der Waals surface area contributed by atoms with Crippen molar-refractivity contribution < 1.29 is 98.1 Å². The molecule has 1 fully saturated rings. The number of hydrogen-bond donors (Lipinski definition) is 1. The number of nitrogens with zero attached hydrogens (tertiary/aromatic N) is 3. The van der Waals surface area contributed by atoms with Crippen LogP contribution in [0.4, 0.5) is 11.4 Å². The van der Waals surface area contributed by atoms with E-state index in [0.29, 0.717) is 52.7 Å². The largest absolute Gasteiger partial charge is 0.744 e. The second-order valence-corrected chi connectivity index (χ2v) is 26.0. The van der Waals surface area contributed by atoms with Crippen molar-refractivity contribution in [2.24, 2.45) is 0 Å². The van der Waals surface area contributed by atoms with Crippen LogP contribution < -0.4 is 4.90 Å². The summed E-state index contributed by atoms with van der Waals surface area (Å²) >= 11 is 0. The lowest BCUT2D eigenvalue weighted by atomic mass is 9.74. The Labute approximate surface area is 444 Å². The molecular formula is C48H52N3O21S5-3. The van der Waals surface area contributed by atoms with Gasteiger partial charge in [0, 0.05) is 99.6 Å². The van der Waals surface area contributed by atoms with Gasteiger partial charge in [0.15, 0.2) is 5.71 Å². The van der Waals surface area contributed by atoms with Crippen LogP contribution in [0.1, 0.15) is 82.8 Å². The van der Waals surface area contributed by atoms with E-state index >= 15 is 0 Å². The highest BCUT2D eigenvalue weighted by Crippen LogP contribution is 2.54. The number of hydrogen-bond acceptors (Lipinski definition) is 21. The number of fused-ring (bicyclic) bond motifs is 6. The average Bonchev–Trinajstić information content (AvgIpc) is 3.87. The summed E-state index contributed by atoms with van der Waals surface area (Å²) in [5.41, 5.74) is -0.655. The first kappa shape index (κ1) is 59.1. The maximum atomic E-state index is 12.8. The summed E-state index contributed by atoms with van der Waals surface area (Å²) in [6, 6.07) is 8.42. The molecular weight excluding hydrogens is 1110 g/mol. The standard InChI is InChI=1S/C48H55N3O21S5/c1-47(19-23-70-3)40(49(21-7-5-6-12-44(54)72-51-42(52)17-18-43(51)53)36-15-13-32-34(45(36)47)26-30(74(58,59)60)28-38(32)76(64,65)66)10-8-11-41-48(2,20-24-71-4)46-35-27-31(75(61,62)63)29-39(77(67,68)69)33(35)14-16-37(46)50(41)22-9-25-73(55,56)57/h8,10-11,13-16,26-29H,5-7,9,12,17-25H2,1-4H3,(H4-,55,56,57,58,59,60,61,62,63,64,65,66,67,68,69)/p-3. The second-order valence-electron chi connectivity index (χ2n) is 19.0. The molecule has 2 unspecified atom stereocenters. The molecule has 24 nitrogen and oxygen atoms in total. The molecule has 3 heterocycles. The molecule has 0 spiro atoms. The molecule has 0 bridgehead atoms. The molecule has 2 atom stereocenters. The van der Waals surface area contributed by atoms with Crippen LogP contribution in [-0.2, 0) is 90.1 Å². The van der Waals surface area contributed by atoms with E-state index in [1.807, 2.05) is 4.90 Å². The van der Waals surface area contributed by atoms with E-state index in [4.69, 9.17) is 14.3 Å². The fourth-order valence-electron chi connectivity index (χ4n) is 10.5. The van der Waals surface area contributed by atoms with Gasteiger partial charge < -0.3 is 37.4 Å².